The molecule has 0 spiro atoms. The first-order valence-corrected chi connectivity index (χ1v) is 5.83. The molecule has 0 radical (unpaired) electrons. The van der Waals surface area contributed by atoms with Crippen molar-refractivity contribution in [1.29, 1.82) is 0 Å². The van der Waals surface area contributed by atoms with E-state index in [0.29, 0.717) is 5.69 Å². The van der Waals surface area contributed by atoms with Gasteiger partial charge in [0.2, 0.25) is 0 Å². The molecule has 1 fully saturated rings. The predicted molar refractivity (Wildman–Crippen MR) is 65.5 cm³/mol. The summed E-state index contributed by atoms with van der Waals surface area (Å²) < 4.78 is 0. The van der Waals surface area contributed by atoms with Crippen molar-refractivity contribution in [2.24, 2.45) is 0 Å². The highest BCUT2D eigenvalue weighted by Crippen LogP contribution is 2.27. The molecule has 0 amide bonds. The number of aliphatic hydroxyl groups excluding tert-OH is 1. The minimum absolute atomic E-state index is 0.172. The summed E-state index contributed by atoms with van der Waals surface area (Å²) in [7, 11) is 0. The molecule has 1 aliphatic heterocycles. The molecule has 3 N–H and O–H groups in total. The van der Waals surface area contributed by atoms with E-state index in [0.717, 1.165) is 30.9 Å². The molecule has 0 bridgehead atoms. The number of piperidine rings is 1. The van der Waals surface area contributed by atoms with Gasteiger partial charge in [0.05, 0.1) is 18.3 Å². The third kappa shape index (κ3) is 2.11. The fraction of sp³-hybridized carbons (Fsp3) is 0.583. The van der Waals surface area contributed by atoms with Crippen LogP contribution >= 0.6 is 0 Å². The van der Waals surface area contributed by atoms with Gasteiger partial charge >= 0.3 is 0 Å². The van der Waals surface area contributed by atoms with Gasteiger partial charge in [0, 0.05) is 12.2 Å². The summed E-state index contributed by atoms with van der Waals surface area (Å²) in [4.78, 5) is 6.63. The molecule has 88 valence electrons. The summed E-state index contributed by atoms with van der Waals surface area (Å²) in [6, 6.07) is 3.97. The van der Waals surface area contributed by atoms with Gasteiger partial charge in [-0.3, -0.25) is 0 Å². The van der Waals surface area contributed by atoms with Gasteiger partial charge < -0.3 is 15.7 Å². The number of hydrogen-bond acceptors (Lipinski definition) is 4. The molecule has 2 heterocycles. The second-order valence-electron chi connectivity index (χ2n) is 4.39. The number of aromatic nitrogens is 1. The van der Waals surface area contributed by atoms with Crippen LogP contribution in [0.25, 0.3) is 0 Å². The van der Waals surface area contributed by atoms with Crippen LogP contribution in [0, 0.1) is 6.92 Å². The summed E-state index contributed by atoms with van der Waals surface area (Å²) in [6.07, 6.45) is 3.34. The molecular weight excluding hydrogens is 202 g/mol. The first kappa shape index (κ1) is 11.2. The monoisotopic (exact) mass is 221 g/mol. The first-order chi connectivity index (χ1) is 7.72. The van der Waals surface area contributed by atoms with Gasteiger partial charge in [-0.25, -0.2) is 4.98 Å². The van der Waals surface area contributed by atoms with E-state index in [2.05, 4.69) is 9.88 Å². The Balaban J connectivity index is 2.30. The van der Waals surface area contributed by atoms with Crippen molar-refractivity contribution in [1.82, 2.24) is 4.98 Å². The Hall–Kier alpha value is -1.29. The molecule has 4 nitrogen and oxygen atoms in total. The third-order valence-corrected chi connectivity index (χ3v) is 3.15. The maximum atomic E-state index is 9.37. The smallest absolute Gasteiger partial charge is 0.152 e. The van der Waals surface area contributed by atoms with Crippen LogP contribution in [0.2, 0.25) is 0 Å². The van der Waals surface area contributed by atoms with Gasteiger partial charge in [0.15, 0.2) is 5.82 Å². The van der Waals surface area contributed by atoms with Crippen molar-refractivity contribution in [3.8, 4) is 0 Å². The summed E-state index contributed by atoms with van der Waals surface area (Å²) in [5.74, 6) is 0.832. The van der Waals surface area contributed by atoms with Crippen LogP contribution in [-0.2, 0) is 0 Å². The molecule has 1 atom stereocenters. The second kappa shape index (κ2) is 4.70. The maximum absolute atomic E-state index is 9.37. The average Bonchev–Trinajstić information content (AvgIpc) is 2.32. The number of nitrogens with two attached hydrogens (primary N) is 1. The van der Waals surface area contributed by atoms with Crippen LogP contribution in [0.15, 0.2) is 12.1 Å². The molecular formula is C12H19N3O. The molecule has 0 aliphatic carbocycles. The van der Waals surface area contributed by atoms with E-state index in [1.807, 2.05) is 19.1 Å². The number of aliphatic hydroxyl groups is 1. The van der Waals surface area contributed by atoms with E-state index < -0.39 is 0 Å². The molecule has 16 heavy (non-hydrogen) atoms. The van der Waals surface area contributed by atoms with Crippen LogP contribution in [0.1, 0.15) is 25.0 Å². The quantitative estimate of drug-likeness (QED) is 0.790. The largest absolute Gasteiger partial charge is 0.396 e. The number of pyridine rings is 1. The minimum atomic E-state index is 0.172. The highest BCUT2D eigenvalue weighted by Gasteiger charge is 2.24. The van der Waals surface area contributed by atoms with Gasteiger partial charge in [-0.1, -0.05) is 0 Å². The lowest BCUT2D eigenvalue weighted by molar-refractivity contribution is 0.239. The number of rotatable bonds is 2. The molecule has 1 aliphatic rings. The number of nitrogens with zero attached hydrogens (tertiary/aromatic N) is 2. The van der Waals surface area contributed by atoms with Crippen molar-refractivity contribution in [3.05, 3.63) is 17.8 Å². The fourth-order valence-corrected chi connectivity index (χ4v) is 2.25. The first-order valence-electron chi connectivity index (χ1n) is 5.83. The van der Waals surface area contributed by atoms with E-state index >= 15 is 0 Å². The molecule has 1 saturated heterocycles. The Morgan fingerprint density at radius 1 is 1.50 bits per heavy atom. The zero-order valence-electron chi connectivity index (χ0n) is 9.69. The van der Waals surface area contributed by atoms with Crippen LogP contribution < -0.4 is 10.6 Å². The molecule has 4 heteroatoms. The molecule has 0 aromatic carbocycles. The Morgan fingerprint density at radius 3 is 3.06 bits per heavy atom. The SMILES string of the molecule is Cc1ccc(N)c(N2CCCCC2CO)n1. The number of nitrogen functional groups attached to an aromatic ring is 1. The van der Waals surface area contributed by atoms with Crippen molar-refractivity contribution >= 4 is 11.5 Å². The van der Waals surface area contributed by atoms with E-state index in [4.69, 9.17) is 5.73 Å². The fourth-order valence-electron chi connectivity index (χ4n) is 2.25. The van der Waals surface area contributed by atoms with E-state index in [1.165, 1.54) is 6.42 Å². The number of hydrogen-bond donors (Lipinski definition) is 2. The van der Waals surface area contributed by atoms with Gasteiger partial charge in [-0.15, -0.1) is 0 Å². The molecule has 0 saturated carbocycles. The van der Waals surface area contributed by atoms with Gasteiger partial charge in [-0.2, -0.15) is 0 Å². The highest BCUT2D eigenvalue weighted by molar-refractivity contribution is 5.63. The van der Waals surface area contributed by atoms with Crippen LogP contribution in [0.3, 0.4) is 0 Å². The number of aryl methyl sites for hydroxylation is 1. The lowest BCUT2D eigenvalue weighted by Gasteiger charge is -2.36. The molecule has 1 aromatic rings. The zero-order chi connectivity index (χ0) is 11.5. The lowest BCUT2D eigenvalue weighted by Crippen LogP contribution is -2.42. The minimum Gasteiger partial charge on any atom is -0.396 e. The van der Waals surface area contributed by atoms with Crippen molar-refractivity contribution in [2.45, 2.75) is 32.2 Å². The van der Waals surface area contributed by atoms with Crippen molar-refractivity contribution in [3.63, 3.8) is 0 Å². The molecule has 2 rings (SSSR count). The van der Waals surface area contributed by atoms with Crippen molar-refractivity contribution in [2.75, 3.05) is 23.8 Å². The maximum Gasteiger partial charge on any atom is 0.152 e. The Bertz CT molecular complexity index is 367. The molecule has 1 aromatic heterocycles. The van der Waals surface area contributed by atoms with E-state index in [1.54, 1.807) is 0 Å². The topological polar surface area (TPSA) is 62.4 Å². The van der Waals surface area contributed by atoms with E-state index in [-0.39, 0.29) is 12.6 Å². The zero-order valence-corrected chi connectivity index (χ0v) is 9.69. The lowest BCUT2D eigenvalue weighted by atomic mass is 10.0. The Kier molecular flexibility index (Phi) is 3.29. The van der Waals surface area contributed by atoms with Crippen LogP contribution in [0.5, 0.6) is 0 Å². The Morgan fingerprint density at radius 2 is 2.31 bits per heavy atom. The summed E-state index contributed by atoms with van der Waals surface area (Å²) in [5.41, 5.74) is 7.62. The predicted octanol–water partition coefficient (Wildman–Crippen LogP) is 1.32. The van der Waals surface area contributed by atoms with Gasteiger partial charge in [0.1, 0.15) is 0 Å². The summed E-state index contributed by atoms with van der Waals surface area (Å²) in [5, 5.41) is 9.37. The van der Waals surface area contributed by atoms with Crippen LogP contribution in [-0.4, -0.2) is 29.3 Å². The van der Waals surface area contributed by atoms with Gasteiger partial charge in [0.25, 0.3) is 0 Å². The van der Waals surface area contributed by atoms with E-state index in [9.17, 15) is 5.11 Å². The second-order valence-corrected chi connectivity index (χ2v) is 4.39. The third-order valence-electron chi connectivity index (χ3n) is 3.15. The summed E-state index contributed by atoms with van der Waals surface area (Å²) in [6.45, 7) is 3.07. The van der Waals surface area contributed by atoms with Crippen LogP contribution in [0.4, 0.5) is 11.5 Å². The molecule has 1 unspecified atom stereocenters. The number of anilines is 2. The normalized spacial score (nSPS) is 21.1. The van der Waals surface area contributed by atoms with Crippen molar-refractivity contribution < 1.29 is 5.11 Å². The van der Waals surface area contributed by atoms with Gasteiger partial charge in [-0.05, 0) is 38.3 Å². The highest BCUT2D eigenvalue weighted by atomic mass is 16.3. The average molecular weight is 221 g/mol. The standard InChI is InChI=1S/C12H19N3O/c1-9-5-6-11(13)12(14-9)15-7-3-2-4-10(15)8-16/h5-6,10,16H,2-4,7-8,13H2,1H3. The summed E-state index contributed by atoms with van der Waals surface area (Å²) >= 11 is 0. The Labute approximate surface area is 96.1 Å².